The third kappa shape index (κ3) is 5.36. The Morgan fingerprint density at radius 2 is 1.50 bits per heavy atom. The van der Waals surface area contributed by atoms with Gasteiger partial charge in [-0.1, -0.05) is 19.1 Å². The first-order valence-electron chi connectivity index (χ1n) is 11.6. The van der Waals surface area contributed by atoms with Crippen LogP contribution >= 0.6 is 0 Å². The van der Waals surface area contributed by atoms with Crippen molar-refractivity contribution < 1.29 is 35.5 Å². The number of likely N-dealkylation sites (tertiary alicyclic amines) is 2. The second kappa shape index (κ2) is 9.66. The van der Waals surface area contributed by atoms with Gasteiger partial charge in [0.15, 0.2) is 0 Å². The normalized spacial score (nSPS) is 25.9. The zero-order valence-electron chi connectivity index (χ0n) is 19.4. The largest absolute Gasteiger partial charge is 0.416 e. The number of nitrogens with zero attached hydrogens (tertiary/aromatic N) is 2. The van der Waals surface area contributed by atoms with Gasteiger partial charge in [-0.15, -0.1) is 0 Å². The van der Waals surface area contributed by atoms with E-state index in [9.17, 15) is 35.5 Å². The lowest BCUT2D eigenvalue weighted by Gasteiger charge is -2.44. The molecule has 2 heterocycles. The lowest BCUT2D eigenvalue weighted by atomic mass is 9.84. The molecule has 0 aliphatic carbocycles. The van der Waals surface area contributed by atoms with E-state index >= 15 is 0 Å². The van der Waals surface area contributed by atoms with Crippen molar-refractivity contribution in [3.05, 3.63) is 70.5 Å². The minimum Gasteiger partial charge on any atom is -0.338 e. The molecule has 11 heteroatoms. The van der Waals surface area contributed by atoms with Gasteiger partial charge in [0.25, 0.3) is 5.91 Å². The average molecular weight is 517 g/mol. The molecule has 0 bridgehead atoms. The maximum absolute atomic E-state index is 13.6. The number of carbonyl (C=O) groups is 1. The Balaban J connectivity index is 1.67. The first-order chi connectivity index (χ1) is 16.8. The first kappa shape index (κ1) is 26.4. The SMILES string of the molecule is CC1CCN(C2CCN(C(=O)c3cc(C(F)(F)F)cc(C(F)(F)F)c3)CC2c2ccc(F)cc2)C1N. The number of amides is 1. The minimum atomic E-state index is -5.05. The number of halogens is 7. The van der Waals surface area contributed by atoms with Crippen molar-refractivity contribution >= 4 is 5.91 Å². The van der Waals surface area contributed by atoms with Crippen molar-refractivity contribution in [2.75, 3.05) is 19.6 Å². The molecule has 2 fully saturated rings. The van der Waals surface area contributed by atoms with Crippen LogP contribution in [0.1, 0.15) is 52.7 Å². The molecule has 4 unspecified atom stereocenters. The van der Waals surface area contributed by atoms with Gasteiger partial charge in [0.2, 0.25) is 0 Å². The third-order valence-corrected chi connectivity index (χ3v) is 7.23. The van der Waals surface area contributed by atoms with Crippen LogP contribution in [0.4, 0.5) is 30.7 Å². The molecular weight excluding hydrogens is 491 g/mol. The van der Waals surface area contributed by atoms with E-state index in [2.05, 4.69) is 4.90 Å². The molecule has 2 N–H and O–H groups in total. The molecule has 2 aromatic rings. The van der Waals surface area contributed by atoms with Crippen LogP contribution in [0.5, 0.6) is 0 Å². The summed E-state index contributed by atoms with van der Waals surface area (Å²) < 4.78 is 93.4. The lowest BCUT2D eigenvalue weighted by molar-refractivity contribution is -0.143. The fraction of sp³-hybridized carbons (Fsp3) is 0.480. The second-order valence-corrected chi connectivity index (χ2v) is 9.55. The van der Waals surface area contributed by atoms with E-state index in [1.165, 1.54) is 17.0 Å². The van der Waals surface area contributed by atoms with Gasteiger partial charge in [0, 0.05) is 37.2 Å². The maximum atomic E-state index is 13.6. The topological polar surface area (TPSA) is 49.6 Å². The number of hydrogen-bond donors (Lipinski definition) is 1. The third-order valence-electron chi connectivity index (χ3n) is 7.23. The fourth-order valence-electron chi connectivity index (χ4n) is 5.21. The number of rotatable bonds is 3. The summed E-state index contributed by atoms with van der Waals surface area (Å²) in [7, 11) is 0. The van der Waals surface area contributed by atoms with Crippen molar-refractivity contribution in [2.24, 2.45) is 11.7 Å². The summed E-state index contributed by atoms with van der Waals surface area (Å²) >= 11 is 0. The van der Waals surface area contributed by atoms with Gasteiger partial charge < -0.3 is 10.6 Å². The van der Waals surface area contributed by atoms with Crippen LogP contribution in [0.2, 0.25) is 0 Å². The summed E-state index contributed by atoms with van der Waals surface area (Å²) in [5.41, 5.74) is 3.34. The Morgan fingerprint density at radius 1 is 0.917 bits per heavy atom. The summed E-state index contributed by atoms with van der Waals surface area (Å²) in [6, 6.07) is 6.51. The van der Waals surface area contributed by atoms with Crippen molar-refractivity contribution in [2.45, 2.75) is 50.2 Å². The van der Waals surface area contributed by atoms with Gasteiger partial charge in [0.05, 0.1) is 17.3 Å². The molecule has 4 rings (SSSR count). The van der Waals surface area contributed by atoms with Gasteiger partial charge in [-0.3, -0.25) is 9.69 Å². The van der Waals surface area contributed by atoms with Gasteiger partial charge in [-0.2, -0.15) is 26.3 Å². The number of piperidine rings is 1. The molecule has 2 saturated heterocycles. The molecule has 36 heavy (non-hydrogen) atoms. The molecule has 2 aliphatic heterocycles. The molecule has 2 aromatic carbocycles. The van der Waals surface area contributed by atoms with Crippen molar-refractivity contribution in [1.29, 1.82) is 0 Å². The zero-order chi connectivity index (χ0) is 26.4. The van der Waals surface area contributed by atoms with Crippen LogP contribution in [0.25, 0.3) is 0 Å². The molecule has 0 saturated carbocycles. The highest BCUT2D eigenvalue weighted by atomic mass is 19.4. The second-order valence-electron chi connectivity index (χ2n) is 9.55. The van der Waals surface area contributed by atoms with Gasteiger partial charge >= 0.3 is 12.4 Å². The molecule has 0 aromatic heterocycles. The molecule has 0 radical (unpaired) electrons. The van der Waals surface area contributed by atoms with E-state index in [0.717, 1.165) is 13.0 Å². The Labute approximate surface area is 203 Å². The quantitative estimate of drug-likeness (QED) is 0.548. The first-order valence-corrected chi connectivity index (χ1v) is 11.6. The fourth-order valence-corrected chi connectivity index (χ4v) is 5.21. The standard InChI is InChI=1S/C25H26F7N3O/c1-14-6-9-35(22(14)33)21-7-8-34(13-20(21)15-2-4-19(26)5-3-15)23(36)16-10-17(24(27,28)29)12-18(11-16)25(30,31)32/h2-5,10-12,14,20-22H,6-9,13,33H2,1H3. The van der Waals surface area contributed by atoms with Gasteiger partial charge in [-0.25, -0.2) is 4.39 Å². The lowest BCUT2D eigenvalue weighted by Crippen LogP contribution is -2.55. The van der Waals surface area contributed by atoms with Crippen LogP contribution in [0.15, 0.2) is 42.5 Å². The predicted molar refractivity (Wildman–Crippen MR) is 118 cm³/mol. The zero-order valence-corrected chi connectivity index (χ0v) is 19.4. The summed E-state index contributed by atoms with van der Waals surface area (Å²) in [6.07, 6.45) is -9.04. The van der Waals surface area contributed by atoms with Crippen molar-refractivity contribution in [3.63, 3.8) is 0 Å². The molecule has 0 spiro atoms. The molecule has 196 valence electrons. The molecule has 4 atom stereocenters. The van der Waals surface area contributed by atoms with E-state index in [4.69, 9.17) is 5.73 Å². The Kier molecular flexibility index (Phi) is 7.09. The molecular formula is C25H26F7N3O. The Hall–Kier alpha value is -2.66. The molecule has 1 amide bonds. The van der Waals surface area contributed by atoms with E-state index < -0.39 is 40.8 Å². The predicted octanol–water partition coefficient (Wildman–Crippen LogP) is 5.49. The highest BCUT2D eigenvalue weighted by Gasteiger charge is 2.42. The van der Waals surface area contributed by atoms with Gasteiger partial charge in [0.1, 0.15) is 5.82 Å². The Morgan fingerprint density at radius 3 is 2.00 bits per heavy atom. The van der Waals surface area contributed by atoms with Crippen LogP contribution in [-0.2, 0) is 12.4 Å². The van der Waals surface area contributed by atoms with E-state index in [-0.39, 0.29) is 43.2 Å². The number of nitrogens with two attached hydrogens (primary N) is 1. The van der Waals surface area contributed by atoms with Crippen LogP contribution in [0.3, 0.4) is 0 Å². The Bertz CT molecular complexity index is 1070. The maximum Gasteiger partial charge on any atom is 0.416 e. The smallest absolute Gasteiger partial charge is 0.338 e. The average Bonchev–Trinajstić information content (AvgIpc) is 3.15. The van der Waals surface area contributed by atoms with Crippen molar-refractivity contribution in [3.8, 4) is 0 Å². The monoisotopic (exact) mass is 517 g/mol. The minimum absolute atomic E-state index is 0.000261. The molecule has 2 aliphatic rings. The number of alkyl halides is 6. The van der Waals surface area contributed by atoms with Gasteiger partial charge in [-0.05, 0) is 54.7 Å². The van der Waals surface area contributed by atoms with E-state index in [1.807, 2.05) is 6.92 Å². The highest BCUT2D eigenvalue weighted by molar-refractivity contribution is 5.95. The number of carbonyl (C=O) groups excluding carboxylic acids is 1. The van der Waals surface area contributed by atoms with Crippen LogP contribution in [0, 0.1) is 11.7 Å². The molecule has 4 nitrogen and oxygen atoms in total. The van der Waals surface area contributed by atoms with E-state index in [1.54, 1.807) is 12.1 Å². The summed E-state index contributed by atoms with van der Waals surface area (Å²) in [5, 5.41) is 0. The highest BCUT2D eigenvalue weighted by Crippen LogP contribution is 2.39. The number of benzene rings is 2. The van der Waals surface area contributed by atoms with Crippen molar-refractivity contribution in [1.82, 2.24) is 9.80 Å². The number of hydrogen-bond acceptors (Lipinski definition) is 3. The summed E-state index contributed by atoms with van der Waals surface area (Å²) in [6.45, 7) is 2.93. The summed E-state index contributed by atoms with van der Waals surface area (Å²) in [4.78, 5) is 16.6. The van der Waals surface area contributed by atoms with Crippen LogP contribution in [-0.4, -0.2) is 47.5 Å². The van der Waals surface area contributed by atoms with E-state index in [0.29, 0.717) is 24.1 Å². The summed E-state index contributed by atoms with van der Waals surface area (Å²) in [5.74, 6) is -1.48. The van der Waals surface area contributed by atoms with Crippen LogP contribution < -0.4 is 5.73 Å².